The predicted molar refractivity (Wildman–Crippen MR) is 249 cm³/mol. The number of benzene rings is 9. The van der Waals surface area contributed by atoms with Gasteiger partial charge < -0.3 is 4.90 Å². The standard InChI is InChI=1S/C54H35NS2/c1-3-11-36(12-4-1)38-21-27-43(28-22-38)55(44-29-23-39(24-30-44)37-13-5-2-6-14-37)45-31-25-40(26-32-45)41-15-9-16-42(35-41)46-18-10-19-47-48-33-34-51-52(54(48)57-53(46)47)49-17-7-8-20-50(49)56-51/h1-35H. The minimum absolute atomic E-state index is 1.11. The van der Waals surface area contributed by atoms with Gasteiger partial charge in [0.25, 0.3) is 0 Å². The molecule has 0 aliphatic rings. The lowest BCUT2D eigenvalue weighted by atomic mass is 9.97. The van der Waals surface area contributed by atoms with E-state index in [1.807, 2.05) is 22.7 Å². The Kier molecular flexibility index (Phi) is 8.28. The molecule has 0 aliphatic carbocycles. The SMILES string of the molecule is c1ccc(-c2ccc(N(c3ccc(-c4ccccc4)cc3)c3ccc(-c4cccc(-c5cccc6c5sc5c6ccc6sc7ccccc7c65)c4)cc3)cc2)cc1. The van der Waals surface area contributed by atoms with E-state index >= 15 is 0 Å². The van der Waals surface area contributed by atoms with E-state index in [-0.39, 0.29) is 0 Å². The number of hydrogen-bond acceptors (Lipinski definition) is 3. The van der Waals surface area contributed by atoms with Crippen LogP contribution in [0.4, 0.5) is 17.1 Å². The summed E-state index contributed by atoms with van der Waals surface area (Å²) in [5.74, 6) is 0. The first-order valence-electron chi connectivity index (χ1n) is 19.3. The second-order valence-electron chi connectivity index (χ2n) is 14.5. The lowest BCUT2D eigenvalue weighted by molar-refractivity contribution is 1.28. The summed E-state index contributed by atoms with van der Waals surface area (Å²) in [7, 11) is 0. The Morgan fingerprint density at radius 2 is 0.754 bits per heavy atom. The van der Waals surface area contributed by atoms with Crippen LogP contribution in [0.3, 0.4) is 0 Å². The average molecular weight is 762 g/mol. The van der Waals surface area contributed by atoms with Gasteiger partial charge in [-0.05, 0) is 99.1 Å². The molecule has 0 N–H and O–H groups in total. The molecule has 2 aromatic heterocycles. The fourth-order valence-electron chi connectivity index (χ4n) is 8.28. The quantitative estimate of drug-likeness (QED) is 0.156. The molecule has 268 valence electrons. The van der Waals surface area contributed by atoms with Gasteiger partial charge in [-0.15, -0.1) is 22.7 Å². The third kappa shape index (κ3) is 6.00. The molecule has 0 saturated carbocycles. The predicted octanol–water partition coefficient (Wildman–Crippen LogP) is 16.6. The highest BCUT2D eigenvalue weighted by molar-refractivity contribution is 7.30. The third-order valence-corrected chi connectivity index (χ3v) is 13.5. The van der Waals surface area contributed by atoms with Crippen LogP contribution in [0.2, 0.25) is 0 Å². The Bertz CT molecular complexity index is 3110. The van der Waals surface area contributed by atoms with Crippen molar-refractivity contribution < 1.29 is 0 Å². The molecule has 0 saturated heterocycles. The maximum Gasteiger partial charge on any atom is 0.0462 e. The minimum Gasteiger partial charge on any atom is -0.311 e. The van der Waals surface area contributed by atoms with Crippen molar-refractivity contribution in [2.75, 3.05) is 4.90 Å². The molecule has 0 fully saturated rings. The molecular formula is C54H35NS2. The highest BCUT2D eigenvalue weighted by atomic mass is 32.1. The van der Waals surface area contributed by atoms with Gasteiger partial charge in [0.2, 0.25) is 0 Å². The normalized spacial score (nSPS) is 11.5. The Hall–Kier alpha value is -6.78. The molecule has 3 heteroatoms. The van der Waals surface area contributed by atoms with Crippen LogP contribution in [0.15, 0.2) is 212 Å². The smallest absolute Gasteiger partial charge is 0.0462 e. The van der Waals surface area contributed by atoms with E-state index in [9.17, 15) is 0 Å². The van der Waals surface area contributed by atoms with E-state index in [0.29, 0.717) is 0 Å². The molecule has 11 aromatic rings. The van der Waals surface area contributed by atoms with Crippen molar-refractivity contribution in [1.29, 1.82) is 0 Å². The van der Waals surface area contributed by atoms with E-state index in [0.717, 1.165) is 17.1 Å². The second kappa shape index (κ2) is 14.1. The van der Waals surface area contributed by atoms with E-state index in [2.05, 4.69) is 217 Å². The van der Waals surface area contributed by atoms with Crippen molar-refractivity contribution in [3.8, 4) is 44.5 Å². The number of rotatable bonds is 7. The van der Waals surface area contributed by atoms with Gasteiger partial charge >= 0.3 is 0 Å². The lowest BCUT2D eigenvalue weighted by Gasteiger charge is -2.26. The maximum absolute atomic E-state index is 2.35. The van der Waals surface area contributed by atoms with Gasteiger partial charge in [-0.1, -0.05) is 158 Å². The first kappa shape index (κ1) is 33.5. The van der Waals surface area contributed by atoms with Crippen molar-refractivity contribution in [1.82, 2.24) is 0 Å². The van der Waals surface area contributed by atoms with Crippen molar-refractivity contribution >= 4 is 80.1 Å². The Morgan fingerprint density at radius 3 is 1.39 bits per heavy atom. The van der Waals surface area contributed by atoms with Gasteiger partial charge in [-0.3, -0.25) is 0 Å². The highest BCUT2D eigenvalue weighted by Gasteiger charge is 2.17. The highest BCUT2D eigenvalue weighted by Crippen LogP contribution is 2.47. The molecule has 0 unspecified atom stereocenters. The monoisotopic (exact) mass is 761 g/mol. The maximum atomic E-state index is 2.35. The molecule has 11 rings (SSSR count). The van der Waals surface area contributed by atoms with Gasteiger partial charge in [0.15, 0.2) is 0 Å². The summed E-state index contributed by atoms with van der Waals surface area (Å²) in [6, 6.07) is 77.2. The van der Waals surface area contributed by atoms with Crippen molar-refractivity contribution in [3.63, 3.8) is 0 Å². The Balaban J connectivity index is 0.960. The van der Waals surface area contributed by atoms with Crippen molar-refractivity contribution in [2.24, 2.45) is 0 Å². The first-order valence-corrected chi connectivity index (χ1v) is 21.0. The molecule has 0 bridgehead atoms. The number of anilines is 3. The zero-order valence-electron chi connectivity index (χ0n) is 31.0. The van der Waals surface area contributed by atoms with Crippen LogP contribution in [0.1, 0.15) is 0 Å². The number of nitrogens with zero attached hydrogens (tertiary/aromatic N) is 1. The van der Waals surface area contributed by atoms with E-state index < -0.39 is 0 Å². The van der Waals surface area contributed by atoms with Crippen LogP contribution < -0.4 is 4.90 Å². The largest absolute Gasteiger partial charge is 0.311 e. The molecule has 9 aromatic carbocycles. The molecular weight excluding hydrogens is 727 g/mol. The zero-order valence-corrected chi connectivity index (χ0v) is 32.6. The van der Waals surface area contributed by atoms with Gasteiger partial charge in [-0.25, -0.2) is 0 Å². The summed E-state index contributed by atoms with van der Waals surface area (Å²) < 4.78 is 5.43. The number of thiophene rings is 2. The molecule has 57 heavy (non-hydrogen) atoms. The van der Waals surface area contributed by atoms with Crippen LogP contribution in [-0.2, 0) is 0 Å². The second-order valence-corrected chi connectivity index (χ2v) is 16.6. The average Bonchev–Trinajstić information content (AvgIpc) is 3.87. The topological polar surface area (TPSA) is 3.24 Å². The van der Waals surface area contributed by atoms with Crippen LogP contribution in [0, 0.1) is 0 Å². The van der Waals surface area contributed by atoms with E-state index in [1.54, 1.807) is 0 Å². The summed E-state index contributed by atoms with van der Waals surface area (Å²) in [6.07, 6.45) is 0. The van der Waals surface area contributed by atoms with Crippen LogP contribution in [0.25, 0.3) is 84.9 Å². The molecule has 2 heterocycles. The molecule has 0 radical (unpaired) electrons. The molecule has 0 amide bonds. The zero-order chi connectivity index (χ0) is 37.7. The molecule has 0 aliphatic heterocycles. The summed E-state index contributed by atoms with van der Waals surface area (Å²) >= 11 is 3.82. The lowest BCUT2D eigenvalue weighted by Crippen LogP contribution is -2.09. The third-order valence-electron chi connectivity index (χ3n) is 11.1. The van der Waals surface area contributed by atoms with E-state index in [4.69, 9.17) is 0 Å². The van der Waals surface area contributed by atoms with Crippen LogP contribution in [0.5, 0.6) is 0 Å². The molecule has 0 spiro atoms. The van der Waals surface area contributed by atoms with Crippen LogP contribution >= 0.6 is 22.7 Å². The summed E-state index contributed by atoms with van der Waals surface area (Å²) in [4.78, 5) is 2.35. The number of hydrogen-bond donors (Lipinski definition) is 0. The molecule has 0 atom stereocenters. The van der Waals surface area contributed by atoms with Gasteiger partial charge in [0.1, 0.15) is 0 Å². The molecule has 1 nitrogen and oxygen atoms in total. The van der Waals surface area contributed by atoms with Gasteiger partial charge in [0.05, 0.1) is 0 Å². The fraction of sp³-hybridized carbons (Fsp3) is 0. The summed E-state index contributed by atoms with van der Waals surface area (Å²) in [6.45, 7) is 0. The van der Waals surface area contributed by atoms with Gasteiger partial charge in [-0.2, -0.15) is 0 Å². The first-order chi connectivity index (χ1) is 28.2. The Labute approximate surface area is 340 Å². The fourth-order valence-corrected chi connectivity index (χ4v) is 10.9. The van der Waals surface area contributed by atoms with Crippen molar-refractivity contribution in [3.05, 3.63) is 212 Å². The van der Waals surface area contributed by atoms with E-state index in [1.165, 1.54) is 84.9 Å². The number of fused-ring (bicyclic) bond motifs is 7. The van der Waals surface area contributed by atoms with Crippen LogP contribution in [-0.4, -0.2) is 0 Å². The van der Waals surface area contributed by atoms with Crippen molar-refractivity contribution in [2.45, 2.75) is 0 Å². The summed E-state index contributed by atoms with van der Waals surface area (Å²) in [5, 5.41) is 5.41. The Morgan fingerprint density at radius 1 is 0.281 bits per heavy atom. The minimum atomic E-state index is 1.11. The van der Waals surface area contributed by atoms with Gasteiger partial charge in [0, 0.05) is 57.4 Å². The summed E-state index contributed by atoms with van der Waals surface area (Å²) in [5.41, 5.74) is 13.1.